The molecule has 0 amide bonds. The van der Waals surface area contributed by atoms with Crippen LogP contribution in [0.25, 0.3) is 0 Å². The van der Waals surface area contributed by atoms with Crippen LogP contribution in [0.4, 0.5) is 5.69 Å². The second-order valence-electron chi connectivity index (χ2n) is 4.21. The highest BCUT2D eigenvalue weighted by atomic mass is 32.1. The lowest BCUT2D eigenvalue weighted by Crippen LogP contribution is -2.29. The third-order valence-electron chi connectivity index (χ3n) is 2.46. The third-order valence-corrected chi connectivity index (χ3v) is 2.71. The molecule has 0 aliphatic rings. The summed E-state index contributed by atoms with van der Waals surface area (Å²) in [5.74, 6) is 0. The van der Waals surface area contributed by atoms with E-state index >= 15 is 0 Å². The van der Waals surface area contributed by atoms with E-state index in [0.29, 0.717) is 24.9 Å². The van der Waals surface area contributed by atoms with Gasteiger partial charge in [-0.1, -0.05) is 12.1 Å². The molecular weight excluding hydrogens is 260 g/mol. The fourth-order valence-electron chi connectivity index (χ4n) is 1.52. The third kappa shape index (κ3) is 7.77. The van der Waals surface area contributed by atoms with Crippen molar-refractivity contribution in [1.29, 1.82) is 0 Å². The average molecular weight is 282 g/mol. The van der Waals surface area contributed by atoms with Gasteiger partial charge in [0.2, 0.25) is 0 Å². The topological polar surface area (TPSA) is 42.5 Å². The van der Waals surface area contributed by atoms with E-state index in [1.54, 1.807) is 7.11 Å². The van der Waals surface area contributed by atoms with Crippen LogP contribution in [0.15, 0.2) is 24.3 Å². The lowest BCUT2D eigenvalue weighted by atomic mass is 10.2. The SMILES string of the molecule is COCCOCCCNC(=S)Nc1cccc(C)c1. The van der Waals surface area contributed by atoms with E-state index < -0.39 is 0 Å². The van der Waals surface area contributed by atoms with Crippen LogP contribution >= 0.6 is 12.2 Å². The Morgan fingerprint density at radius 2 is 2.11 bits per heavy atom. The van der Waals surface area contributed by atoms with E-state index in [9.17, 15) is 0 Å². The average Bonchev–Trinajstić information content (AvgIpc) is 2.37. The zero-order valence-electron chi connectivity index (χ0n) is 11.6. The van der Waals surface area contributed by atoms with Crippen molar-refractivity contribution in [3.05, 3.63) is 29.8 Å². The number of hydrogen-bond acceptors (Lipinski definition) is 3. The van der Waals surface area contributed by atoms with Crippen LogP contribution in [0.1, 0.15) is 12.0 Å². The van der Waals surface area contributed by atoms with Crippen LogP contribution in [-0.2, 0) is 9.47 Å². The van der Waals surface area contributed by atoms with Gasteiger partial charge in [-0.3, -0.25) is 0 Å². The molecule has 5 heteroatoms. The molecule has 1 aromatic carbocycles. The molecule has 0 aromatic heterocycles. The Balaban J connectivity index is 2.08. The first-order valence-corrected chi connectivity index (χ1v) is 6.81. The van der Waals surface area contributed by atoms with E-state index in [4.69, 9.17) is 21.7 Å². The van der Waals surface area contributed by atoms with Gasteiger partial charge >= 0.3 is 0 Å². The Bertz CT molecular complexity index is 385. The molecule has 1 aromatic rings. The maximum atomic E-state index is 5.36. The maximum absolute atomic E-state index is 5.36. The highest BCUT2D eigenvalue weighted by molar-refractivity contribution is 7.80. The number of ether oxygens (including phenoxy) is 2. The van der Waals surface area contributed by atoms with Crippen molar-refractivity contribution < 1.29 is 9.47 Å². The molecule has 4 nitrogen and oxygen atoms in total. The highest BCUT2D eigenvalue weighted by Crippen LogP contribution is 2.08. The number of thiocarbonyl (C=S) groups is 1. The Kier molecular flexibility index (Phi) is 8.13. The molecule has 0 saturated carbocycles. The van der Waals surface area contributed by atoms with Crippen molar-refractivity contribution in [3.63, 3.8) is 0 Å². The van der Waals surface area contributed by atoms with Crippen LogP contribution in [0, 0.1) is 6.92 Å². The molecule has 0 unspecified atom stereocenters. The maximum Gasteiger partial charge on any atom is 0.170 e. The van der Waals surface area contributed by atoms with E-state index in [1.165, 1.54) is 5.56 Å². The molecule has 0 saturated heterocycles. The monoisotopic (exact) mass is 282 g/mol. The lowest BCUT2D eigenvalue weighted by molar-refractivity contribution is 0.0699. The molecule has 0 aliphatic heterocycles. The van der Waals surface area contributed by atoms with Crippen molar-refractivity contribution in [2.75, 3.05) is 38.8 Å². The minimum Gasteiger partial charge on any atom is -0.382 e. The van der Waals surface area contributed by atoms with Crippen molar-refractivity contribution in [2.45, 2.75) is 13.3 Å². The number of hydrogen-bond donors (Lipinski definition) is 2. The van der Waals surface area contributed by atoms with Crippen molar-refractivity contribution in [2.24, 2.45) is 0 Å². The van der Waals surface area contributed by atoms with Gasteiger partial charge in [-0.2, -0.15) is 0 Å². The molecule has 0 fully saturated rings. The highest BCUT2D eigenvalue weighted by Gasteiger charge is 1.97. The summed E-state index contributed by atoms with van der Waals surface area (Å²) in [5.41, 5.74) is 2.22. The Labute approximate surface area is 120 Å². The molecular formula is C14H22N2O2S. The Morgan fingerprint density at radius 1 is 1.26 bits per heavy atom. The predicted octanol–water partition coefficient (Wildman–Crippen LogP) is 2.33. The summed E-state index contributed by atoms with van der Waals surface area (Å²) >= 11 is 5.22. The van der Waals surface area contributed by atoms with Crippen LogP contribution < -0.4 is 10.6 Å². The van der Waals surface area contributed by atoms with E-state index in [-0.39, 0.29) is 0 Å². The van der Waals surface area contributed by atoms with Gasteiger partial charge in [0.15, 0.2) is 5.11 Å². The van der Waals surface area contributed by atoms with Gasteiger partial charge < -0.3 is 20.1 Å². The van der Waals surface area contributed by atoms with Gasteiger partial charge in [0.25, 0.3) is 0 Å². The van der Waals surface area contributed by atoms with E-state index in [2.05, 4.69) is 29.7 Å². The first kappa shape index (κ1) is 15.9. The summed E-state index contributed by atoms with van der Waals surface area (Å²) in [7, 11) is 1.67. The minimum atomic E-state index is 0.640. The van der Waals surface area contributed by atoms with Crippen molar-refractivity contribution >= 4 is 23.0 Å². The van der Waals surface area contributed by atoms with Crippen molar-refractivity contribution in [1.82, 2.24) is 5.32 Å². The van der Waals surface area contributed by atoms with Crippen LogP contribution in [0.2, 0.25) is 0 Å². The number of nitrogens with one attached hydrogen (secondary N) is 2. The normalized spacial score (nSPS) is 10.2. The van der Waals surface area contributed by atoms with E-state index in [0.717, 1.165) is 18.7 Å². The summed E-state index contributed by atoms with van der Waals surface area (Å²) in [6.45, 7) is 4.84. The molecule has 0 radical (unpaired) electrons. The molecule has 0 aliphatic carbocycles. The Morgan fingerprint density at radius 3 is 2.84 bits per heavy atom. The van der Waals surface area contributed by atoms with Crippen LogP contribution in [-0.4, -0.2) is 38.6 Å². The molecule has 0 bridgehead atoms. The first-order valence-electron chi connectivity index (χ1n) is 6.40. The molecule has 0 heterocycles. The molecule has 106 valence electrons. The van der Waals surface area contributed by atoms with Gasteiger partial charge in [0, 0.05) is 25.9 Å². The molecule has 0 spiro atoms. The molecule has 19 heavy (non-hydrogen) atoms. The summed E-state index contributed by atoms with van der Waals surface area (Å²) in [6.07, 6.45) is 0.916. The number of benzene rings is 1. The summed E-state index contributed by atoms with van der Waals surface area (Å²) < 4.78 is 10.3. The zero-order chi connectivity index (χ0) is 13.9. The van der Waals surface area contributed by atoms with Gasteiger partial charge in [-0.15, -0.1) is 0 Å². The van der Waals surface area contributed by atoms with Gasteiger partial charge in [-0.05, 0) is 43.3 Å². The van der Waals surface area contributed by atoms with Crippen LogP contribution in [0.5, 0.6) is 0 Å². The first-order chi connectivity index (χ1) is 9.22. The van der Waals surface area contributed by atoms with Crippen molar-refractivity contribution in [3.8, 4) is 0 Å². The molecule has 1 rings (SSSR count). The number of aryl methyl sites for hydroxylation is 1. The van der Waals surface area contributed by atoms with Gasteiger partial charge in [0.1, 0.15) is 0 Å². The Hall–Kier alpha value is -1.17. The van der Waals surface area contributed by atoms with E-state index in [1.807, 2.05) is 12.1 Å². The summed E-state index contributed by atoms with van der Waals surface area (Å²) in [5, 5.41) is 6.95. The predicted molar refractivity (Wildman–Crippen MR) is 82.7 cm³/mol. The number of methoxy groups -OCH3 is 1. The fourth-order valence-corrected chi connectivity index (χ4v) is 1.74. The fraction of sp³-hybridized carbons (Fsp3) is 0.500. The summed E-state index contributed by atoms with van der Waals surface area (Å²) in [4.78, 5) is 0. The standard InChI is InChI=1S/C14H22N2O2S/c1-12-5-3-6-13(11-12)16-14(19)15-7-4-8-18-10-9-17-2/h3,5-6,11H,4,7-10H2,1-2H3,(H2,15,16,19). The zero-order valence-corrected chi connectivity index (χ0v) is 12.4. The largest absolute Gasteiger partial charge is 0.382 e. The number of rotatable bonds is 8. The summed E-state index contributed by atoms with van der Waals surface area (Å²) in [6, 6.07) is 8.11. The molecule has 0 atom stereocenters. The quantitative estimate of drug-likeness (QED) is 0.566. The molecule has 2 N–H and O–H groups in total. The van der Waals surface area contributed by atoms with Crippen LogP contribution in [0.3, 0.4) is 0 Å². The second kappa shape index (κ2) is 9.72. The number of anilines is 1. The van der Waals surface area contributed by atoms with Gasteiger partial charge in [-0.25, -0.2) is 0 Å². The lowest BCUT2D eigenvalue weighted by Gasteiger charge is -2.11. The minimum absolute atomic E-state index is 0.640. The second-order valence-corrected chi connectivity index (χ2v) is 4.62. The smallest absolute Gasteiger partial charge is 0.170 e. The van der Waals surface area contributed by atoms with Gasteiger partial charge in [0.05, 0.1) is 13.2 Å².